The highest BCUT2D eigenvalue weighted by Crippen LogP contribution is 2.11. The fourth-order valence-electron chi connectivity index (χ4n) is 1.67. The molecule has 0 bridgehead atoms. The third kappa shape index (κ3) is 1.76. The van der Waals surface area contributed by atoms with Crippen LogP contribution in [0.5, 0.6) is 0 Å². The van der Waals surface area contributed by atoms with Crippen LogP contribution in [-0.2, 0) is 0 Å². The van der Waals surface area contributed by atoms with Gasteiger partial charge in [0.25, 0.3) is 0 Å². The predicted octanol–water partition coefficient (Wildman–Crippen LogP) is -0.444. The van der Waals surface area contributed by atoms with Crippen molar-refractivity contribution in [3.05, 3.63) is 12.3 Å². The van der Waals surface area contributed by atoms with Crippen molar-refractivity contribution >= 4 is 6.21 Å². The minimum Gasteiger partial charge on any atom is -0.314 e. The van der Waals surface area contributed by atoms with E-state index < -0.39 is 0 Å². The maximum Gasteiger partial charge on any atom is 0.190 e. The Bertz CT molecular complexity index is 284. The van der Waals surface area contributed by atoms with Crippen LogP contribution < -0.4 is 5.32 Å². The molecule has 0 aromatic carbocycles. The molecule has 2 heterocycles. The molecule has 1 saturated heterocycles. The quantitative estimate of drug-likeness (QED) is 0.571. The second kappa shape index (κ2) is 4.22. The van der Waals surface area contributed by atoms with Crippen molar-refractivity contribution in [1.82, 2.24) is 15.1 Å². The second-order valence-electron chi connectivity index (χ2n) is 3.28. The predicted molar refractivity (Wildman–Crippen MR) is 53.3 cm³/mol. The molecule has 0 aliphatic carbocycles. The van der Waals surface area contributed by atoms with Gasteiger partial charge in [0.1, 0.15) is 0 Å². The van der Waals surface area contributed by atoms with Crippen molar-refractivity contribution < 1.29 is 0 Å². The minimum absolute atomic E-state index is 0.132. The van der Waals surface area contributed by atoms with Crippen molar-refractivity contribution in [2.45, 2.75) is 6.29 Å². The summed E-state index contributed by atoms with van der Waals surface area (Å²) in [7, 11) is 0. The lowest BCUT2D eigenvalue weighted by Gasteiger charge is -2.36. The Balaban J connectivity index is 2.04. The van der Waals surface area contributed by atoms with Crippen molar-refractivity contribution in [1.29, 1.82) is 5.26 Å². The van der Waals surface area contributed by atoms with Gasteiger partial charge in [-0.25, -0.2) is 4.90 Å². The zero-order valence-corrected chi connectivity index (χ0v) is 7.93. The first kappa shape index (κ1) is 9.19. The van der Waals surface area contributed by atoms with Crippen LogP contribution in [0.3, 0.4) is 0 Å². The summed E-state index contributed by atoms with van der Waals surface area (Å²) in [5.74, 6) is 0. The molecule has 2 rings (SSSR count). The fraction of sp³-hybridized carbons (Fsp3) is 0.556. The first-order valence-corrected chi connectivity index (χ1v) is 4.74. The standard InChI is InChI=1S/C9H13N5/c10-8-14-5-1-2-12-9(14)13-6-3-11-4-7-13/h1-2,5,9,11H,3-4,6-7H2. The number of hydrogen-bond donors (Lipinski definition) is 1. The van der Waals surface area contributed by atoms with Crippen LogP contribution >= 0.6 is 0 Å². The molecule has 0 spiro atoms. The van der Waals surface area contributed by atoms with Gasteiger partial charge in [0, 0.05) is 38.6 Å². The smallest absolute Gasteiger partial charge is 0.190 e. The van der Waals surface area contributed by atoms with E-state index in [9.17, 15) is 0 Å². The van der Waals surface area contributed by atoms with Gasteiger partial charge in [-0.15, -0.1) is 0 Å². The first-order chi connectivity index (χ1) is 6.92. The summed E-state index contributed by atoms with van der Waals surface area (Å²) < 4.78 is 0. The molecule has 0 aromatic rings. The topological polar surface area (TPSA) is 54.7 Å². The van der Waals surface area contributed by atoms with Gasteiger partial charge in [0.2, 0.25) is 0 Å². The van der Waals surface area contributed by atoms with Gasteiger partial charge in [0.15, 0.2) is 12.5 Å². The maximum atomic E-state index is 8.90. The highest BCUT2D eigenvalue weighted by molar-refractivity contribution is 5.71. The monoisotopic (exact) mass is 191 g/mol. The number of allylic oxidation sites excluding steroid dienone is 1. The Morgan fingerprint density at radius 1 is 1.43 bits per heavy atom. The molecule has 1 atom stereocenters. The summed E-state index contributed by atoms with van der Waals surface area (Å²) in [5, 5.41) is 12.2. The number of nitrogens with one attached hydrogen (secondary N) is 1. The van der Waals surface area contributed by atoms with Crippen LogP contribution in [0.2, 0.25) is 0 Å². The lowest BCUT2D eigenvalue weighted by molar-refractivity contribution is 0.102. The molecule has 0 radical (unpaired) electrons. The number of piperazine rings is 1. The molecular formula is C9H13N5. The molecule has 74 valence electrons. The van der Waals surface area contributed by atoms with E-state index in [1.165, 1.54) is 0 Å². The summed E-state index contributed by atoms with van der Waals surface area (Å²) in [6, 6.07) is 0. The molecule has 5 heteroatoms. The van der Waals surface area contributed by atoms with Gasteiger partial charge in [-0.1, -0.05) is 0 Å². The SMILES string of the molecule is N#CN1C=CC=NC1N1CCNCC1. The van der Waals surface area contributed by atoms with E-state index in [1.807, 2.05) is 0 Å². The molecule has 0 saturated carbocycles. The Kier molecular flexibility index (Phi) is 2.77. The molecule has 1 N–H and O–H groups in total. The molecule has 14 heavy (non-hydrogen) atoms. The summed E-state index contributed by atoms with van der Waals surface area (Å²) >= 11 is 0. The summed E-state index contributed by atoms with van der Waals surface area (Å²) in [4.78, 5) is 8.06. The molecule has 2 aliphatic heterocycles. The van der Waals surface area contributed by atoms with E-state index >= 15 is 0 Å². The Labute approximate surface area is 83.3 Å². The van der Waals surface area contributed by atoms with E-state index in [-0.39, 0.29) is 6.29 Å². The van der Waals surface area contributed by atoms with Crippen LogP contribution in [0.4, 0.5) is 0 Å². The largest absolute Gasteiger partial charge is 0.314 e. The highest BCUT2D eigenvalue weighted by atomic mass is 15.4. The molecule has 0 amide bonds. The van der Waals surface area contributed by atoms with Gasteiger partial charge >= 0.3 is 0 Å². The van der Waals surface area contributed by atoms with E-state index in [4.69, 9.17) is 5.26 Å². The molecule has 1 fully saturated rings. The normalized spacial score (nSPS) is 27.6. The van der Waals surface area contributed by atoms with E-state index in [0.29, 0.717) is 0 Å². The number of nitriles is 1. The zero-order valence-electron chi connectivity index (χ0n) is 7.93. The van der Waals surface area contributed by atoms with Crippen LogP contribution in [0.1, 0.15) is 0 Å². The van der Waals surface area contributed by atoms with E-state index in [1.54, 1.807) is 23.4 Å². The summed E-state index contributed by atoms with van der Waals surface area (Å²) in [5.41, 5.74) is 0. The van der Waals surface area contributed by atoms with Crippen molar-refractivity contribution in [2.75, 3.05) is 26.2 Å². The number of rotatable bonds is 1. The number of aliphatic imine (C=N–C) groups is 1. The molecule has 2 aliphatic rings. The third-order valence-electron chi connectivity index (χ3n) is 2.39. The van der Waals surface area contributed by atoms with Crippen molar-refractivity contribution in [3.8, 4) is 6.19 Å². The molecular weight excluding hydrogens is 178 g/mol. The Morgan fingerprint density at radius 2 is 2.21 bits per heavy atom. The maximum absolute atomic E-state index is 8.90. The number of hydrogen-bond acceptors (Lipinski definition) is 5. The van der Waals surface area contributed by atoms with Gasteiger partial charge < -0.3 is 5.32 Å². The van der Waals surface area contributed by atoms with E-state index in [2.05, 4.69) is 21.4 Å². The van der Waals surface area contributed by atoms with Gasteiger partial charge in [-0.2, -0.15) is 5.26 Å². The van der Waals surface area contributed by atoms with Crippen molar-refractivity contribution in [2.24, 2.45) is 4.99 Å². The molecule has 5 nitrogen and oxygen atoms in total. The average molecular weight is 191 g/mol. The van der Waals surface area contributed by atoms with Gasteiger partial charge in [0.05, 0.1) is 0 Å². The zero-order chi connectivity index (χ0) is 9.80. The summed E-state index contributed by atoms with van der Waals surface area (Å²) in [6.07, 6.45) is 7.28. The second-order valence-corrected chi connectivity index (χ2v) is 3.28. The van der Waals surface area contributed by atoms with Gasteiger partial charge in [-0.05, 0) is 6.08 Å². The van der Waals surface area contributed by atoms with Crippen LogP contribution in [-0.4, -0.2) is 48.5 Å². The molecule has 0 aromatic heterocycles. The third-order valence-corrected chi connectivity index (χ3v) is 2.39. The lowest BCUT2D eigenvalue weighted by Crippen LogP contribution is -2.52. The Hall–Kier alpha value is -1.38. The van der Waals surface area contributed by atoms with Crippen molar-refractivity contribution in [3.63, 3.8) is 0 Å². The Morgan fingerprint density at radius 3 is 2.93 bits per heavy atom. The van der Waals surface area contributed by atoms with E-state index in [0.717, 1.165) is 26.2 Å². The first-order valence-electron chi connectivity index (χ1n) is 4.74. The number of nitrogens with zero attached hydrogens (tertiary/aromatic N) is 4. The summed E-state index contributed by atoms with van der Waals surface area (Å²) in [6.45, 7) is 3.81. The highest BCUT2D eigenvalue weighted by Gasteiger charge is 2.24. The van der Waals surface area contributed by atoms with Crippen LogP contribution in [0.15, 0.2) is 17.3 Å². The molecule has 1 unspecified atom stereocenters. The minimum atomic E-state index is -0.132. The fourth-order valence-corrected chi connectivity index (χ4v) is 1.67. The average Bonchev–Trinajstić information content (AvgIpc) is 2.30. The van der Waals surface area contributed by atoms with Crippen LogP contribution in [0, 0.1) is 11.5 Å². The van der Waals surface area contributed by atoms with Gasteiger partial charge in [-0.3, -0.25) is 9.89 Å². The van der Waals surface area contributed by atoms with Crippen LogP contribution in [0.25, 0.3) is 0 Å². The lowest BCUT2D eigenvalue weighted by atomic mass is 10.3.